The highest BCUT2D eigenvalue weighted by atomic mass is 31.2. The molecule has 0 saturated carbocycles. The molecule has 1 N–H and O–H groups in total. The van der Waals surface area contributed by atoms with Crippen LogP contribution in [0.3, 0.4) is 0 Å². The average molecular weight is 228 g/mol. The Bertz CT molecular complexity index is 326. The molecule has 1 aromatic rings. The van der Waals surface area contributed by atoms with Gasteiger partial charge in [0.1, 0.15) is 0 Å². The van der Waals surface area contributed by atoms with E-state index in [0.717, 1.165) is 0 Å². The van der Waals surface area contributed by atoms with Crippen molar-refractivity contribution in [3.63, 3.8) is 0 Å². The van der Waals surface area contributed by atoms with Crippen LogP contribution in [0.2, 0.25) is 0 Å². The molecule has 0 saturated heterocycles. The van der Waals surface area contributed by atoms with Crippen molar-refractivity contribution < 1.29 is 9.46 Å². The summed E-state index contributed by atoms with van der Waals surface area (Å²) in [5.74, 6) is 0.462. The van der Waals surface area contributed by atoms with Crippen LogP contribution in [0.1, 0.15) is 25.3 Å². The molecule has 1 unspecified atom stereocenters. The quantitative estimate of drug-likeness (QED) is 0.609. The molecule has 0 aliphatic carbocycles. The third-order valence-electron chi connectivity index (χ3n) is 2.04. The highest BCUT2D eigenvalue weighted by molar-refractivity contribution is 7.65. The lowest BCUT2D eigenvalue weighted by atomic mass is 10.0. The molecule has 0 bridgehead atoms. The molecule has 0 amide bonds. The summed E-state index contributed by atoms with van der Waals surface area (Å²) >= 11 is 0. The van der Waals surface area contributed by atoms with Gasteiger partial charge in [-0.05, 0) is 23.6 Å². The van der Waals surface area contributed by atoms with Gasteiger partial charge in [-0.15, -0.1) is 0 Å². The zero-order valence-electron chi connectivity index (χ0n) is 8.19. The molecule has 78 valence electrons. The molecule has 0 spiro atoms. The number of hydrogen-bond acceptors (Lipinski definition) is 1. The Hall–Kier alpha value is -0.0575. The van der Waals surface area contributed by atoms with E-state index in [1.54, 1.807) is 12.1 Å². The fourth-order valence-electron chi connectivity index (χ4n) is 1.14. The molecule has 0 heterocycles. The summed E-state index contributed by atoms with van der Waals surface area (Å²) in [6.45, 7) is 5.55. The lowest BCUT2D eigenvalue weighted by Crippen LogP contribution is -2.03. The molecule has 0 aliphatic heterocycles. The normalized spacial score (nSPS) is 14.6. The Morgan fingerprint density at radius 2 is 1.64 bits per heavy atom. The summed E-state index contributed by atoms with van der Waals surface area (Å²) < 4.78 is 11.3. The van der Waals surface area contributed by atoms with Crippen LogP contribution in [-0.2, 0) is 4.57 Å². The van der Waals surface area contributed by atoms with E-state index in [-0.39, 0.29) is 17.4 Å². The predicted molar refractivity (Wildman–Crippen MR) is 65.9 cm³/mol. The molecule has 0 aromatic heterocycles. The van der Waals surface area contributed by atoms with Gasteiger partial charge in [-0.1, -0.05) is 26.0 Å². The summed E-state index contributed by atoms with van der Waals surface area (Å²) in [6, 6.07) is 7.28. The molecule has 0 aliphatic rings. The number of rotatable bonds is 2. The second-order valence-electron chi connectivity index (χ2n) is 3.63. The second kappa shape index (κ2) is 5.14. The van der Waals surface area contributed by atoms with Crippen LogP contribution in [0.25, 0.3) is 0 Å². The summed E-state index contributed by atoms with van der Waals surface area (Å²) in [6.07, 6.45) is 0. The minimum atomic E-state index is -3.07. The maximum atomic E-state index is 11.3. The van der Waals surface area contributed by atoms with Crippen molar-refractivity contribution in [1.82, 2.24) is 0 Å². The first kappa shape index (κ1) is 13.9. The molecular weight excluding hydrogens is 210 g/mol. The molecule has 1 atom stereocenters. The maximum Gasteiger partial charge on any atom is 0.226 e. The molecule has 2 nitrogen and oxygen atoms in total. The predicted octanol–water partition coefficient (Wildman–Crippen LogP) is 1.15. The van der Waals surface area contributed by atoms with Gasteiger partial charge < -0.3 is 4.89 Å². The third kappa shape index (κ3) is 3.60. The molecule has 0 fully saturated rings. The van der Waals surface area contributed by atoms with Crippen molar-refractivity contribution >= 4 is 30.0 Å². The molecular formula is C10H18AlO2P. The Labute approximate surface area is 95.9 Å². The van der Waals surface area contributed by atoms with Crippen LogP contribution in [0.15, 0.2) is 24.3 Å². The minimum absolute atomic E-state index is 0. The van der Waals surface area contributed by atoms with E-state index in [9.17, 15) is 9.46 Å². The van der Waals surface area contributed by atoms with Gasteiger partial charge in [-0.25, -0.2) is 0 Å². The van der Waals surface area contributed by atoms with Gasteiger partial charge in [0.05, 0.1) is 0 Å². The molecule has 1 rings (SSSR count). The van der Waals surface area contributed by atoms with Crippen molar-refractivity contribution in [3.8, 4) is 0 Å². The Morgan fingerprint density at radius 1 is 1.21 bits per heavy atom. The standard InChI is InChI=1S/C10H15O2P.Al.3H/c1-8(2)9-4-6-10(7-5-9)13(3,11)12;;;;/h4-8H,1-3H3,(H,11,12);;;;. The largest absolute Gasteiger partial charge is 0.341 e. The zero-order chi connectivity index (χ0) is 10.1. The van der Waals surface area contributed by atoms with Gasteiger partial charge in [0.15, 0.2) is 17.4 Å². The van der Waals surface area contributed by atoms with Gasteiger partial charge in [-0.3, -0.25) is 4.57 Å². The van der Waals surface area contributed by atoms with Gasteiger partial charge >= 0.3 is 0 Å². The highest BCUT2D eigenvalue weighted by Gasteiger charge is 2.12. The SMILES string of the molecule is CC(C)c1ccc(P(C)(=O)O)cc1.[AlH3]. The number of benzene rings is 1. The van der Waals surface area contributed by atoms with Gasteiger partial charge in [0.2, 0.25) is 7.37 Å². The summed E-state index contributed by atoms with van der Waals surface area (Å²) in [5.41, 5.74) is 1.19. The highest BCUT2D eigenvalue weighted by Crippen LogP contribution is 2.33. The number of hydrogen-bond donors (Lipinski definition) is 1. The molecule has 1 aromatic carbocycles. The van der Waals surface area contributed by atoms with E-state index >= 15 is 0 Å². The molecule has 4 heteroatoms. The van der Waals surface area contributed by atoms with Crippen molar-refractivity contribution in [2.24, 2.45) is 0 Å². The first-order valence-corrected chi connectivity index (χ1v) is 6.42. The van der Waals surface area contributed by atoms with Gasteiger partial charge in [-0.2, -0.15) is 0 Å². The fourth-order valence-corrected chi connectivity index (χ4v) is 1.84. The van der Waals surface area contributed by atoms with E-state index in [0.29, 0.717) is 11.2 Å². The van der Waals surface area contributed by atoms with Crippen LogP contribution in [0.4, 0.5) is 0 Å². The van der Waals surface area contributed by atoms with Crippen LogP contribution in [0, 0.1) is 0 Å². The van der Waals surface area contributed by atoms with E-state index < -0.39 is 7.37 Å². The smallest absolute Gasteiger partial charge is 0.226 e. The zero-order valence-corrected chi connectivity index (χ0v) is 9.08. The molecule has 14 heavy (non-hydrogen) atoms. The third-order valence-corrected chi connectivity index (χ3v) is 3.30. The molecule has 0 radical (unpaired) electrons. The summed E-state index contributed by atoms with van der Waals surface area (Å²) in [5, 5.41) is 0.525. The van der Waals surface area contributed by atoms with Crippen LogP contribution in [0.5, 0.6) is 0 Å². The Morgan fingerprint density at radius 3 is 1.93 bits per heavy atom. The van der Waals surface area contributed by atoms with Crippen LogP contribution >= 0.6 is 7.37 Å². The fraction of sp³-hybridized carbons (Fsp3) is 0.400. The lowest BCUT2D eigenvalue weighted by Gasteiger charge is -2.08. The van der Waals surface area contributed by atoms with Crippen molar-refractivity contribution in [2.75, 3.05) is 6.66 Å². The van der Waals surface area contributed by atoms with Crippen molar-refractivity contribution in [3.05, 3.63) is 29.8 Å². The van der Waals surface area contributed by atoms with Crippen LogP contribution < -0.4 is 5.30 Å². The first-order chi connectivity index (χ1) is 5.91. The maximum absolute atomic E-state index is 11.3. The Balaban J connectivity index is 0.00000169. The van der Waals surface area contributed by atoms with Crippen LogP contribution in [-0.4, -0.2) is 28.9 Å². The first-order valence-electron chi connectivity index (χ1n) is 4.32. The second-order valence-corrected chi connectivity index (χ2v) is 5.90. The van der Waals surface area contributed by atoms with Crippen molar-refractivity contribution in [2.45, 2.75) is 19.8 Å². The van der Waals surface area contributed by atoms with E-state index in [1.807, 2.05) is 12.1 Å². The van der Waals surface area contributed by atoms with E-state index in [1.165, 1.54) is 12.2 Å². The van der Waals surface area contributed by atoms with E-state index in [4.69, 9.17) is 0 Å². The minimum Gasteiger partial charge on any atom is -0.341 e. The monoisotopic (exact) mass is 228 g/mol. The topological polar surface area (TPSA) is 37.3 Å². The lowest BCUT2D eigenvalue weighted by molar-refractivity contribution is 0.496. The summed E-state index contributed by atoms with van der Waals surface area (Å²) in [7, 11) is -3.07. The van der Waals surface area contributed by atoms with Crippen molar-refractivity contribution in [1.29, 1.82) is 0 Å². The summed E-state index contributed by atoms with van der Waals surface area (Å²) in [4.78, 5) is 9.27. The average Bonchev–Trinajstić information content (AvgIpc) is 2.03. The van der Waals surface area contributed by atoms with Gasteiger partial charge in [0.25, 0.3) is 0 Å². The van der Waals surface area contributed by atoms with Gasteiger partial charge in [0, 0.05) is 12.0 Å². The van der Waals surface area contributed by atoms with E-state index in [2.05, 4.69) is 13.8 Å². The Kier molecular flexibility index (Phi) is 5.12.